The van der Waals surface area contributed by atoms with Crippen molar-refractivity contribution in [3.63, 3.8) is 0 Å². The summed E-state index contributed by atoms with van der Waals surface area (Å²) in [6.07, 6.45) is 0.948. The van der Waals surface area contributed by atoms with Gasteiger partial charge in [-0.2, -0.15) is 0 Å². The van der Waals surface area contributed by atoms with Gasteiger partial charge in [0.2, 0.25) is 12.7 Å². The Morgan fingerprint density at radius 1 is 1.10 bits per heavy atom. The molecule has 0 unspecified atom stereocenters. The number of benzene rings is 2. The normalized spacial score (nSPS) is 19.5. The van der Waals surface area contributed by atoms with Crippen molar-refractivity contribution in [1.82, 2.24) is 15.1 Å². The van der Waals surface area contributed by atoms with Gasteiger partial charge in [-0.3, -0.25) is 14.5 Å². The summed E-state index contributed by atoms with van der Waals surface area (Å²) in [5, 5.41) is 2.71. The van der Waals surface area contributed by atoms with Crippen LogP contribution in [0.2, 0.25) is 0 Å². The third-order valence-corrected chi connectivity index (χ3v) is 5.79. The second-order valence-corrected chi connectivity index (χ2v) is 7.93. The van der Waals surface area contributed by atoms with Crippen LogP contribution in [-0.4, -0.2) is 48.0 Å². The molecule has 2 aliphatic heterocycles. The zero-order valence-electron chi connectivity index (χ0n) is 17.8. The van der Waals surface area contributed by atoms with Crippen LogP contribution >= 0.6 is 0 Å². The predicted octanol–water partition coefficient (Wildman–Crippen LogP) is 2.40. The fraction of sp³-hybridized carbons (Fsp3) is 0.348. The number of rotatable bonds is 6. The maximum Gasteiger partial charge on any atom is 0.325 e. The lowest BCUT2D eigenvalue weighted by Gasteiger charge is -2.23. The molecular formula is C23H25N3O5. The standard InChI is InChI=1S/C23H25N3O5/c1-4-15-5-7-16(8-6-15)12-25(3)20(27)13-26-21(28)23(2,24-22(26)29)17-9-10-18-19(11-17)31-14-30-18/h5-11H,4,12-14H2,1-3H3,(H,24,29)/t23-/m0/s1. The van der Waals surface area contributed by atoms with Crippen molar-refractivity contribution >= 4 is 17.8 Å². The number of hydrogen-bond acceptors (Lipinski definition) is 5. The minimum atomic E-state index is -1.28. The van der Waals surface area contributed by atoms with Crippen molar-refractivity contribution in [3.8, 4) is 11.5 Å². The highest BCUT2D eigenvalue weighted by Crippen LogP contribution is 2.37. The number of ether oxygens (including phenoxy) is 2. The first-order valence-corrected chi connectivity index (χ1v) is 10.2. The number of nitrogens with zero attached hydrogens (tertiary/aromatic N) is 2. The summed E-state index contributed by atoms with van der Waals surface area (Å²) in [5.74, 6) is 0.303. The van der Waals surface area contributed by atoms with Gasteiger partial charge in [-0.1, -0.05) is 37.3 Å². The zero-order valence-corrected chi connectivity index (χ0v) is 17.8. The van der Waals surface area contributed by atoms with Crippen LogP contribution in [-0.2, 0) is 28.1 Å². The van der Waals surface area contributed by atoms with Gasteiger partial charge >= 0.3 is 6.03 Å². The largest absolute Gasteiger partial charge is 0.454 e. The quantitative estimate of drug-likeness (QED) is 0.721. The Kier molecular flexibility index (Phi) is 5.31. The molecule has 1 atom stereocenters. The van der Waals surface area contributed by atoms with Crippen LogP contribution in [0.4, 0.5) is 4.79 Å². The van der Waals surface area contributed by atoms with E-state index in [4.69, 9.17) is 9.47 Å². The van der Waals surface area contributed by atoms with Crippen molar-refractivity contribution in [3.05, 3.63) is 59.2 Å². The molecule has 0 radical (unpaired) electrons. The third-order valence-electron chi connectivity index (χ3n) is 5.79. The second-order valence-electron chi connectivity index (χ2n) is 7.93. The van der Waals surface area contributed by atoms with Crippen molar-refractivity contribution in [2.24, 2.45) is 0 Å². The van der Waals surface area contributed by atoms with E-state index in [0.717, 1.165) is 16.9 Å². The van der Waals surface area contributed by atoms with E-state index in [-0.39, 0.29) is 19.2 Å². The monoisotopic (exact) mass is 423 g/mol. The van der Waals surface area contributed by atoms with Gasteiger partial charge in [-0.15, -0.1) is 0 Å². The van der Waals surface area contributed by atoms with E-state index in [0.29, 0.717) is 23.6 Å². The van der Waals surface area contributed by atoms with Crippen LogP contribution in [0.5, 0.6) is 11.5 Å². The molecule has 162 valence electrons. The molecule has 8 heteroatoms. The maximum absolute atomic E-state index is 13.1. The SMILES string of the molecule is CCc1ccc(CN(C)C(=O)CN2C(=O)N[C@@](C)(c3ccc4c(c3)OCO4)C2=O)cc1. The van der Waals surface area contributed by atoms with Crippen molar-refractivity contribution in [1.29, 1.82) is 0 Å². The van der Waals surface area contributed by atoms with Crippen LogP contribution in [0.15, 0.2) is 42.5 Å². The summed E-state index contributed by atoms with van der Waals surface area (Å²) in [7, 11) is 1.66. The highest BCUT2D eigenvalue weighted by atomic mass is 16.7. The number of imide groups is 1. The zero-order chi connectivity index (χ0) is 22.2. The van der Waals surface area contributed by atoms with E-state index in [1.54, 1.807) is 32.2 Å². The Labute approximate surface area is 180 Å². The number of hydrogen-bond donors (Lipinski definition) is 1. The third kappa shape index (κ3) is 3.81. The van der Waals surface area contributed by atoms with Gasteiger partial charge in [-0.25, -0.2) is 4.79 Å². The molecule has 2 aromatic rings. The van der Waals surface area contributed by atoms with Crippen molar-refractivity contribution in [2.75, 3.05) is 20.4 Å². The van der Waals surface area contributed by atoms with Gasteiger partial charge in [0.25, 0.3) is 5.91 Å². The number of carbonyl (C=O) groups is 3. The number of likely N-dealkylation sites (N-methyl/N-ethyl adjacent to an activating group) is 1. The topological polar surface area (TPSA) is 88.2 Å². The van der Waals surface area contributed by atoms with Gasteiger partial charge < -0.3 is 19.7 Å². The molecule has 0 aromatic heterocycles. The fourth-order valence-electron chi connectivity index (χ4n) is 3.74. The van der Waals surface area contributed by atoms with E-state index < -0.39 is 17.5 Å². The highest BCUT2D eigenvalue weighted by Gasteiger charge is 2.50. The average molecular weight is 423 g/mol. The van der Waals surface area contributed by atoms with E-state index in [1.807, 2.05) is 24.3 Å². The summed E-state index contributed by atoms with van der Waals surface area (Å²) in [6.45, 7) is 3.89. The molecule has 31 heavy (non-hydrogen) atoms. The second kappa shape index (κ2) is 7.94. The van der Waals surface area contributed by atoms with Crippen LogP contribution in [0.25, 0.3) is 0 Å². The number of aryl methyl sites for hydroxylation is 1. The molecular weight excluding hydrogens is 398 g/mol. The summed E-state index contributed by atoms with van der Waals surface area (Å²) in [5.41, 5.74) is 1.48. The predicted molar refractivity (Wildman–Crippen MR) is 112 cm³/mol. The molecule has 0 bridgehead atoms. The molecule has 2 aromatic carbocycles. The number of nitrogens with one attached hydrogen (secondary N) is 1. The maximum atomic E-state index is 13.1. The molecule has 2 heterocycles. The first-order chi connectivity index (χ1) is 14.8. The van der Waals surface area contributed by atoms with Crippen LogP contribution in [0, 0.1) is 0 Å². The Balaban J connectivity index is 1.45. The molecule has 0 aliphatic carbocycles. The van der Waals surface area contributed by atoms with Gasteiger partial charge in [0.05, 0.1) is 0 Å². The lowest BCUT2D eigenvalue weighted by Crippen LogP contribution is -2.43. The van der Waals surface area contributed by atoms with Crippen LogP contribution < -0.4 is 14.8 Å². The lowest BCUT2D eigenvalue weighted by atomic mass is 9.91. The summed E-state index contributed by atoms with van der Waals surface area (Å²) >= 11 is 0. The van der Waals surface area contributed by atoms with Gasteiger partial charge in [0.1, 0.15) is 12.1 Å². The Morgan fingerprint density at radius 3 is 2.48 bits per heavy atom. The minimum absolute atomic E-state index is 0.115. The Morgan fingerprint density at radius 2 is 1.77 bits per heavy atom. The van der Waals surface area contributed by atoms with Gasteiger partial charge in [0.15, 0.2) is 11.5 Å². The van der Waals surface area contributed by atoms with Gasteiger partial charge in [-0.05, 0) is 42.2 Å². The number of urea groups is 1. The average Bonchev–Trinajstić information content (AvgIpc) is 3.32. The smallest absolute Gasteiger partial charge is 0.325 e. The molecule has 1 saturated heterocycles. The summed E-state index contributed by atoms with van der Waals surface area (Å²) in [6, 6.07) is 12.5. The highest BCUT2D eigenvalue weighted by molar-refractivity contribution is 6.09. The molecule has 4 rings (SSSR count). The molecule has 0 spiro atoms. The van der Waals surface area contributed by atoms with E-state index in [9.17, 15) is 14.4 Å². The van der Waals surface area contributed by atoms with E-state index in [1.165, 1.54) is 10.5 Å². The summed E-state index contributed by atoms with van der Waals surface area (Å²) < 4.78 is 10.7. The first-order valence-electron chi connectivity index (χ1n) is 10.2. The number of amides is 4. The van der Waals surface area contributed by atoms with Gasteiger partial charge in [0, 0.05) is 13.6 Å². The molecule has 4 amide bonds. The van der Waals surface area contributed by atoms with Crippen molar-refractivity contribution < 1.29 is 23.9 Å². The lowest BCUT2D eigenvalue weighted by molar-refractivity contribution is -0.138. The molecule has 2 aliphatic rings. The number of carbonyl (C=O) groups excluding carboxylic acids is 3. The molecule has 0 saturated carbocycles. The molecule has 1 fully saturated rings. The van der Waals surface area contributed by atoms with E-state index in [2.05, 4.69) is 12.2 Å². The fourth-order valence-corrected chi connectivity index (χ4v) is 3.74. The minimum Gasteiger partial charge on any atom is -0.454 e. The summed E-state index contributed by atoms with van der Waals surface area (Å²) in [4.78, 5) is 40.9. The molecule has 1 N–H and O–H groups in total. The molecule has 8 nitrogen and oxygen atoms in total. The van der Waals surface area contributed by atoms with Crippen LogP contribution in [0.1, 0.15) is 30.5 Å². The Bertz CT molecular complexity index is 1040. The Hall–Kier alpha value is -3.55. The van der Waals surface area contributed by atoms with Crippen molar-refractivity contribution in [2.45, 2.75) is 32.4 Å². The first kappa shape index (κ1) is 20.7. The van der Waals surface area contributed by atoms with E-state index >= 15 is 0 Å². The van der Waals surface area contributed by atoms with Crippen LogP contribution in [0.3, 0.4) is 0 Å². The number of fused-ring (bicyclic) bond motifs is 1.